The van der Waals surface area contributed by atoms with Gasteiger partial charge >= 0.3 is 0 Å². The Labute approximate surface area is 124 Å². The molecule has 0 radical (unpaired) electrons. The van der Waals surface area contributed by atoms with Crippen molar-refractivity contribution in [2.45, 2.75) is 0 Å². The summed E-state index contributed by atoms with van der Waals surface area (Å²) in [7, 11) is 0. The van der Waals surface area contributed by atoms with E-state index >= 15 is 0 Å². The van der Waals surface area contributed by atoms with Gasteiger partial charge in [-0.1, -0.05) is 23.7 Å². The first-order valence-electron chi connectivity index (χ1n) is 6.12. The molecule has 102 valence electrons. The van der Waals surface area contributed by atoms with Crippen molar-refractivity contribution >= 4 is 28.3 Å². The van der Waals surface area contributed by atoms with E-state index < -0.39 is 11.6 Å². The topological polar surface area (TPSA) is 56.6 Å². The maximum Gasteiger partial charge on any atom is 0.198 e. The second-order valence-electron chi connectivity index (χ2n) is 4.51. The van der Waals surface area contributed by atoms with Gasteiger partial charge in [0.05, 0.1) is 22.2 Å². The molecule has 0 spiro atoms. The number of nitriles is 1. The van der Waals surface area contributed by atoms with Gasteiger partial charge in [0.1, 0.15) is 0 Å². The van der Waals surface area contributed by atoms with Crippen LogP contribution in [0.3, 0.4) is 0 Å². The number of nitrogens with zero attached hydrogens (tertiary/aromatic N) is 1. The highest BCUT2D eigenvalue weighted by atomic mass is 35.5. The van der Waals surface area contributed by atoms with Crippen LogP contribution in [0.2, 0.25) is 5.02 Å². The van der Waals surface area contributed by atoms with E-state index in [-0.39, 0.29) is 10.6 Å². The normalized spacial score (nSPS) is 10.5. The minimum absolute atomic E-state index is 0.0761. The van der Waals surface area contributed by atoms with Gasteiger partial charge in [0.25, 0.3) is 0 Å². The SMILES string of the molecule is N#Cc1ccc2c(C(=O)c3cccc(Cl)c3F)c[nH]c2c1. The number of fused-ring (bicyclic) bond motifs is 1. The van der Waals surface area contributed by atoms with Crippen LogP contribution in [0.5, 0.6) is 0 Å². The van der Waals surface area contributed by atoms with Crippen LogP contribution in [-0.2, 0) is 0 Å². The number of carbonyl (C=O) groups excluding carboxylic acids is 1. The summed E-state index contributed by atoms with van der Waals surface area (Å²) in [6.07, 6.45) is 1.51. The quantitative estimate of drug-likeness (QED) is 0.725. The van der Waals surface area contributed by atoms with E-state index in [1.807, 2.05) is 6.07 Å². The van der Waals surface area contributed by atoms with Gasteiger partial charge in [-0.05, 0) is 24.3 Å². The van der Waals surface area contributed by atoms with Crippen molar-refractivity contribution in [2.24, 2.45) is 0 Å². The Balaban J connectivity index is 2.15. The van der Waals surface area contributed by atoms with E-state index in [1.54, 1.807) is 18.2 Å². The summed E-state index contributed by atoms with van der Waals surface area (Å²) in [6, 6.07) is 11.3. The summed E-state index contributed by atoms with van der Waals surface area (Å²) in [5, 5.41) is 9.41. The van der Waals surface area contributed by atoms with Crippen LogP contribution in [0, 0.1) is 17.1 Å². The second-order valence-corrected chi connectivity index (χ2v) is 4.91. The Kier molecular flexibility index (Phi) is 3.20. The van der Waals surface area contributed by atoms with Crippen LogP contribution in [0.4, 0.5) is 4.39 Å². The van der Waals surface area contributed by atoms with E-state index in [0.717, 1.165) is 0 Å². The molecule has 0 saturated heterocycles. The van der Waals surface area contributed by atoms with E-state index in [1.165, 1.54) is 24.4 Å². The Bertz CT molecular complexity index is 908. The van der Waals surface area contributed by atoms with Crippen LogP contribution in [0.25, 0.3) is 10.9 Å². The number of H-pyrrole nitrogens is 1. The van der Waals surface area contributed by atoms with E-state index in [0.29, 0.717) is 22.0 Å². The lowest BCUT2D eigenvalue weighted by Gasteiger charge is -2.03. The molecule has 0 amide bonds. The molecule has 3 rings (SSSR count). The summed E-state index contributed by atoms with van der Waals surface area (Å²) < 4.78 is 14.0. The molecule has 5 heteroatoms. The first kappa shape index (κ1) is 13.3. The van der Waals surface area contributed by atoms with Crippen molar-refractivity contribution in [1.82, 2.24) is 4.98 Å². The molecule has 0 bridgehead atoms. The third-order valence-corrected chi connectivity index (χ3v) is 3.54. The molecule has 0 aliphatic heterocycles. The summed E-state index contributed by atoms with van der Waals surface area (Å²) in [4.78, 5) is 15.4. The maximum atomic E-state index is 14.0. The van der Waals surface area contributed by atoms with Gasteiger partial charge in [0.2, 0.25) is 0 Å². The molecule has 0 aliphatic rings. The molecule has 3 aromatic rings. The van der Waals surface area contributed by atoms with Crippen LogP contribution in [0.1, 0.15) is 21.5 Å². The van der Waals surface area contributed by atoms with Crippen molar-refractivity contribution in [2.75, 3.05) is 0 Å². The predicted octanol–water partition coefficient (Wildman–Crippen LogP) is 4.06. The zero-order chi connectivity index (χ0) is 15.0. The number of nitrogens with one attached hydrogen (secondary N) is 1. The number of hydrogen-bond acceptors (Lipinski definition) is 2. The van der Waals surface area contributed by atoms with Crippen LogP contribution in [0.15, 0.2) is 42.6 Å². The Morgan fingerprint density at radius 1 is 1.24 bits per heavy atom. The standard InChI is InChI=1S/C16H8ClFN2O/c17-13-3-1-2-11(15(13)18)16(21)12-8-20-14-6-9(7-19)4-5-10(12)14/h1-6,8,20H. The molecule has 3 nitrogen and oxygen atoms in total. The van der Waals surface area contributed by atoms with Gasteiger partial charge in [0.15, 0.2) is 11.6 Å². The third-order valence-electron chi connectivity index (χ3n) is 3.25. The summed E-state index contributed by atoms with van der Waals surface area (Å²) in [6.45, 7) is 0. The molecular formula is C16H8ClFN2O. The lowest BCUT2D eigenvalue weighted by atomic mass is 10.0. The smallest absolute Gasteiger partial charge is 0.198 e. The van der Waals surface area contributed by atoms with E-state index in [4.69, 9.17) is 16.9 Å². The van der Waals surface area contributed by atoms with Crippen LogP contribution >= 0.6 is 11.6 Å². The molecule has 1 heterocycles. The molecule has 0 atom stereocenters. The lowest BCUT2D eigenvalue weighted by molar-refractivity contribution is 0.103. The molecule has 0 unspecified atom stereocenters. The Morgan fingerprint density at radius 3 is 2.81 bits per heavy atom. The number of aromatic nitrogens is 1. The first-order chi connectivity index (χ1) is 10.1. The number of carbonyl (C=O) groups is 1. The van der Waals surface area contributed by atoms with Crippen molar-refractivity contribution in [1.29, 1.82) is 5.26 Å². The zero-order valence-electron chi connectivity index (χ0n) is 10.7. The fourth-order valence-corrected chi connectivity index (χ4v) is 2.38. The molecule has 2 aromatic carbocycles. The number of rotatable bonds is 2. The molecule has 1 N–H and O–H groups in total. The zero-order valence-corrected chi connectivity index (χ0v) is 11.4. The van der Waals surface area contributed by atoms with Crippen LogP contribution < -0.4 is 0 Å². The highest BCUT2D eigenvalue weighted by molar-refractivity contribution is 6.31. The van der Waals surface area contributed by atoms with Gasteiger partial charge in [-0.2, -0.15) is 5.26 Å². The Morgan fingerprint density at radius 2 is 2.05 bits per heavy atom. The fourth-order valence-electron chi connectivity index (χ4n) is 2.21. The highest BCUT2D eigenvalue weighted by Gasteiger charge is 2.19. The fraction of sp³-hybridized carbons (Fsp3) is 0. The van der Waals surface area contributed by atoms with Crippen molar-refractivity contribution in [3.63, 3.8) is 0 Å². The van der Waals surface area contributed by atoms with Crippen molar-refractivity contribution in [3.8, 4) is 6.07 Å². The van der Waals surface area contributed by atoms with Gasteiger partial charge < -0.3 is 4.98 Å². The van der Waals surface area contributed by atoms with Gasteiger partial charge in [-0.25, -0.2) is 4.39 Å². The summed E-state index contributed by atoms with van der Waals surface area (Å²) in [5.41, 5.74) is 1.40. The van der Waals surface area contributed by atoms with Crippen molar-refractivity contribution < 1.29 is 9.18 Å². The monoisotopic (exact) mass is 298 g/mol. The number of aromatic amines is 1. The Hall–Kier alpha value is -2.64. The predicted molar refractivity (Wildman–Crippen MR) is 77.9 cm³/mol. The first-order valence-corrected chi connectivity index (χ1v) is 6.49. The second kappa shape index (κ2) is 5.04. The third kappa shape index (κ3) is 2.18. The maximum absolute atomic E-state index is 14.0. The van der Waals surface area contributed by atoms with Gasteiger partial charge in [-0.3, -0.25) is 4.79 Å². The highest BCUT2D eigenvalue weighted by Crippen LogP contribution is 2.25. The van der Waals surface area contributed by atoms with Crippen LogP contribution in [-0.4, -0.2) is 10.8 Å². The minimum atomic E-state index is -0.729. The number of halogens is 2. The molecule has 0 fully saturated rings. The molecule has 21 heavy (non-hydrogen) atoms. The summed E-state index contributed by atoms with van der Waals surface area (Å²) in [5.74, 6) is -1.18. The van der Waals surface area contributed by atoms with Crippen molar-refractivity contribution in [3.05, 3.63) is 70.1 Å². The van der Waals surface area contributed by atoms with Gasteiger partial charge in [-0.15, -0.1) is 0 Å². The largest absolute Gasteiger partial charge is 0.360 e. The lowest BCUT2D eigenvalue weighted by Crippen LogP contribution is -2.03. The number of benzene rings is 2. The molecule has 0 saturated carbocycles. The van der Waals surface area contributed by atoms with E-state index in [9.17, 15) is 9.18 Å². The summed E-state index contributed by atoms with van der Waals surface area (Å²) >= 11 is 5.71. The number of hydrogen-bond donors (Lipinski definition) is 1. The van der Waals surface area contributed by atoms with Gasteiger partial charge in [0, 0.05) is 22.7 Å². The van der Waals surface area contributed by atoms with E-state index in [2.05, 4.69) is 4.98 Å². The molecule has 0 aliphatic carbocycles. The molecular weight excluding hydrogens is 291 g/mol. The average Bonchev–Trinajstić information content (AvgIpc) is 2.92. The number of ketones is 1. The molecule has 1 aromatic heterocycles. The minimum Gasteiger partial charge on any atom is -0.360 e. The average molecular weight is 299 g/mol.